The number of nitrogens with zero attached hydrogens (tertiary/aromatic N) is 4. The fourth-order valence-electron chi connectivity index (χ4n) is 4.32. The molecule has 2 aliphatic heterocycles. The highest BCUT2D eigenvalue weighted by atomic mass is 16.6. The smallest absolute Gasteiger partial charge is 0.415 e. The lowest BCUT2D eigenvalue weighted by Gasteiger charge is -2.41. The number of amides is 1. The molecule has 4 rings (SSSR count). The van der Waals surface area contributed by atoms with Crippen LogP contribution in [0.25, 0.3) is 5.57 Å². The summed E-state index contributed by atoms with van der Waals surface area (Å²) < 4.78 is 13.3. The maximum atomic E-state index is 11.6. The molecule has 1 amide bonds. The van der Waals surface area contributed by atoms with Gasteiger partial charge in [-0.1, -0.05) is 39.0 Å². The highest BCUT2D eigenvalue weighted by Crippen LogP contribution is 2.36. The van der Waals surface area contributed by atoms with E-state index in [0.717, 1.165) is 11.1 Å². The van der Waals surface area contributed by atoms with Gasteiger partial charge in [-0.3, -0.25) is 4.57 Å². The maximum Gasteiger partial charge on any atom is 0.415 e. The number of rotatable bonds is 5. The minimum atomic E-state index is -0.895. The molecule has 1 unspecified atom stereocenters. The van der Waals surface area contributed by atoms with E-state index in [0.29, 0.717) is 25.3 Å². The van der Waals surface area contributed by atoms with Gasteiger partial charge in [-0.2, -0.15) is 0 Å². The number of carbonyl (C=O) groups is 1. The molecule has 3 heterocycles. The van der Waals surface area contributed by atoms with E-state index in [1.54, 1.807) is 4.57 Å². The number of hydrogen-bond donors (Lipinski definition) is 1. The van der Waals surface area contributed by atoms with Crippen molar-refractivity contribution in [3.63, 3.8) is 0 Å². The van der Waals surface area contributed by atoms with Crippen molar-refractivity contribution in [3.8, 4) is 11.8 Å². The average Bonchev–Trinajstić information content (AvgIpc) is 3.27. The molecule has 1 aromatic carbocycles. The molecular weight excluding hydrogens is 428 g/mol. The van der Waals surface area contributed by atoms with E-state index in [9.17, 15) is 20.0 Å². The van der Waals surface area contributed by atoms with Gasteiger partial charge in [0.05, 0.1) is 6.54 Å². The lowest BCUT2D eigenvalue weighted by atomic mass is 9.79. The Balaban J connectivity index is 1.39. The Morgan fingerprint density at radius 2 is 2.06 bits per heavy atom. The summed E-state index contributed by atoms with van der Waals surface area (Å²) in [4.78, 5) is 27.3. The summed E-state index contributed by atoms with van der Waals surface area (Å²) in [7, 11) is 0. The SMILES string of the molecule is CC1(COc2ccc(C3=CCN(C(=O)O)[C@@H](C(C)(C)C)C3)cc2)Cn2cc([N+](=O)[O-])nc2O1. The lowest BCUT2D eigenvalue weighted by molar-refractivity contribution is -0.389. The summed E-state index contributed by atoms with van der Waals surface area (Å²) in [6.45, 7) is 9.08. The van der Waals surface area contributed by atoms with Crippen molar-refractivity contribution in [2.75, 3.05) is 13.2 Å². The fourth-order valence-corrected chi connectivity index (χ4v) is 4.32. The van der Waals surface area contributed by atoms with Gasteiger partial charge < -0.3 is 29.6 Å². The number of imidazole rings is 1. The van der Waals surface area contributed by atoms with Crippen LogP contribution in [0.3, 0.4) is 0 Å². The van der Waals surface area contributed by atoms with Crippen molar-refractivity contribution in [2.45, 2.75) is 52.3 Å². The zero-order chi connectivity index (χ0) is 24.0. The van der Waals surface area contributed by atoms with E-state index in [2.05, 4.69) is 25.8 Å². The van der Waals surface area contributed by atoms with Crippen molar-refractivity contribution in [1.82, 2.24) is 14.5 Å². The predicted molar refractivity (Wildman–Crippen MR) is 120 cm³/mol. The number of benzene rings is 1. The maximum absolute atomic E-state index is 11.6. The summed E-state index contributed by atoms with van der Waals surface area (Å²) in [6, 6.07) is 7.83. The monoisotopic (exact) mass is 456 g/mol. The second-order valence-corrected chi connectivity index (χ2v) is 9.88. The third kappa shape index (κ3) is 4.64. The Morgan fingerprint density at radius 1 is 1.36 bits per heavy atom. The second kappa shape index (κ2) is 8.09. The van der Waals surface area contributed by atoms with Gasteiger partial charge in [0.15, 0.2) is 5.60 Å². The molecule has 2 aromatic rings. The van der Waals surface area contributed by atoms with E-state index in [-0.39, 0.29) is 29.9 Å². The van der Waals surface area contributed by atoms with Gasteiger partial charge in [-0.15, -0.1) is 0 Å². The molecule has 0 spiro atoms. The number of ether oxygens (including phenoxy) is 2. The lowest BCUT2D eigenvalue weighted by Crippen LogP contribution is -2.48. The largest absolute Gasteiger partial charge is 0.489 e. The Kier molecular flexibility index (Phi) is 5.55. The molecule has 0 bridgehead atoms. The Bertz CT molecular complexity index is 1080. The predicted octanol–water partition coefficient (Wildman–Crippen LogP) is 4.20. The van der Waals surface area contributed by atoms with Crippen molar-refractivity contribution in [1.29, 1.82) is 0 Å². The van der Waals surface area contributed by atoms with Crippen molar-refractivity contribution in [3.05, 3.63) is 52.2 Å². The third-order valence-electron chi connectivity index (χ3n) is 6.10. The number of hydrogen-bond acceptors (Lipinski definition) is 6. The van der Waals surface area contributed by atoms with Crippen LogP contribution in [0.1, 0.15) is 39.7 Å². The fraction of sp³-hybridized carbons (Fsp3) is 0.478. The molecule has 33 heavy (non-hydrogen) atoms. The first-order chi connectivity index (χ1) is 15.4. The van der Waals surface area contributed by atoms with Crippen molar-refractivity contribution >= 4 is 17.5 Å². The molecule has 10 heteroatoms. The molecule has 0 aliphatic carbocycles. The summed E-state index contributed by atoms with van der Waals surface area (Å²) in [6.07, 6.45) is 3.09. The molecule has 0 saturated heterocycles. The van der Waals surface area contributed by atoms with E-state index in [1.807, 2.05) is 37.3 Å². The molecule has 0 radical (unpaired) electrons. The number of fused-ring (bicyclic) bond motifs is 1. The Hall–Kier alpha value is -3.56. The summed E-state index contributed by atoms with van der Waals surface area (Å²) in [5.41, 5.74) is 1.31. The first kappa shape index (κ1) is 22.6. The molecule has 10 nitrogen and oxygen atoms in total. The molecule has 0 fully saturated rings. The van der Waals surface area contributed by atoms with Crippen molar-refractivity contribution in [2.24, 2.45) is 5.41 Å². The van der Waals surface area contributed by atoms with Crippen LogP contribution in [0.5, 0.6) is 11.8 Å². The molecule has 2 atom stereocenters. The molecule has 2 aliphatic rings. The quantitative estimate of drug-likeness (QED) is 0.529. The van der Waals surface area contributed by atoms with Gasteiger partial charge >= 0.3 is 17.9 Å². The highest BCUT2D eigenvalue weighted by Gasteiger charge is 2.41. The molecule has 0 saturated carbocycles. The van der Waals surface area contributed by atoms with Crippen molar-refractivity contribution < 1.29 is 24.3 Å². The first-order valence-electron chi connectivity index (χ1n) is 10.8. The zero-order valence-corrected chi connectivity index (χ0v) is 19.1. The van der Waals surface area contributed by atoms with Gasteiger partial charge in [0, 0.05) is 17.6 Å². The minimum Gasteiger partial charge on any atom is -0.489 e. The molecular formula is C23H28N4O6. The van der Waals surface area contributed by atoms with Crippen LogP contribution < -0.4 is 9.47 Å². The summed E-state index contributed by atoms with van der Waals surface area (Å²) in [5, 5.41) is 20.4. The second-order valence-electron chi connectivity index (χ2n) is 9.88. The van der Waals surface area contributed by atoms with Crippen LogP contribution in [0.15, 0.2) is 36.5 Å². The number of carboxylic acid groups (broad SMARTS) is 1. The van der Waals surface area contributed by atoms with E-state index in [1.165, 1.54) is 11.1 Å². The summed E-state index contributed by atoms with van der Waals surface area (Å²) in [5.74, 6) is 0.441. The average molecular weight is 456 g/mol. The van der Waals surface area contributed by atoms with Crippen LogP contribution in [-0.4, -0.2) is 55.4 Å². The highest BCUT2D eigenvalue weighted by molar-refractivity contribution is 5.72. The van der Waals surface area contributed by atoms with Gasteiger partial charge in [-0.05, 0) is 47.0 Å². The normalized spacial score (nSPS) is 22.4. The van der Waals surface area contributed by atoms with E-state index >= 15 is 0 Å². The van der Waals surface area contributed by atoms with E-state index in [4.69, 9.17) is 9.47 Å². The van der Waals surface area contributed by atoms with E-state index < -0.39 is 16.6 Å². The van der Waals surface area contributed by atoms with Crippen LogP contribution in [0, 0.1) is 15.5 Å². The molecule has 176 valence electrons. The van der Waals surface area contributed by atoms with Crippen LogP contribution >= 0.6 is 0 Å². The van der Waals surface area contributed by atoms with Gasteiger partial charge in [0.25, 0.3) is 0 Å². The van der Waals surface area contributed by atoms with Gasteiger partial charge in [0.1, 0.15) is 18.6 Å². The van der Waals surface area contributed by atoms with Crippen LogP contribution in [0.4, 0.5) is 10.6 Å². The first-order valence-corrected chi connectivity index (χ1v) is 10.8. The molecule has 1 aromatic heterocycles. The number of nitro groups is 1. The summed E-state index contributed by atoms with van der Waals surface area (Å²) >= 11 is 0. The standard InChI is InChI=1S/C23H28N4O6/c1-22(2,3)18-11-16(9-10-26(18)21(28)29)15-5-7-17(8-6-15)32-14-23(4)13-25-12-19(27(30)31)24-20(25)33-23/h5-9,12,18H,10-11,13-14H2,1-4H3,(H,28,29)/t18-,23?/m1/s1. The van der Waals surface area contributed by atoms with Gasteiger partial charge in [0.2, 0.25) is 0 Å². The van der Waals surface area contributed by atoms with Gasteiger partial charge in [-0.25, -0.2) is 4.79 Å². The topological polar surface area (TPSA) is 120 Å². The molecule has 1 N–H and O–H groups in total. The number of aromatic nitrogens is 2. The minimum absolute atomic E-state index is 0.104. The third-order valence-corrected chi connectivity index (χ3v) is 6.10. The van der Waals surface area contributed by atoms with Crippen LogP contribution in [0.2, 0.25) is 0 Å². The Labute approximate surface area is 191 Å². The Morgan fingerprint density at radius 3 is 2.64 bits per heavy atom. The zero-order valence-electron chi connectivity index (χ0n) is 19.1. The van der Waals surface area contributed by atoms with Crippen LogP contribution in [-0.2, 0) is 6.54 Å².